The number of rotatable bonds is 5. The summed E-state index contributed by atoms with van der Waals surface area (Å²) in [4.78, 5) is 39.2. The molecule has 35 heavy (non-hydrogen) atoms. The average molecular weight is 533 g/mol. The van der Waals surface area contributed by atoms with Crippen molar-refractivity contribution in [2.45, 2.75) is 44.8 Å². The van der Waals surface area contributed by atoms with Crippen LogP contribution >= 0.6 is 15.9 Å². The van der Waals surface area contributed by atoms with E-state index in [9.17, 15) is 14.4 Å². The van der Waals surface area contributed by atoms with Gasteiger partial charge in [-0.25, -0.2) is 4.79 Å². The van der Waals surface area contributed by atoms with Gasteiger partial charge in [-0.2, -0.15) is 0 Å². The molecule has 6 nitrogen and oxygen atoms in total. The Balaban J connectivity index is 1.32. The summed E-state index contributed by atoms with van der Waals surface area (Å²) in [6.07, 6.45) is 6.12. The minimum Gasteiger partial charge on any atom is -0.488 e. The van der Waals surface area contributed by atoms with E-state index in [2.05, 4.69) is 45.5 Å². The highest BCUT2D eigenvalue weighted by atomic mass is 79.9. The standard InChI is InChI=1S/C28H25BrN2O4/c29-24-16-18(11-13-25(24)35-17-19-10-12-20-6-4-5-7-21(20)14-19)15-23-26(32)30-28(34)31(27(23)33)22-8-2-1-3-9-22/h4-7,10-16,22H,1-3,8-9,17H2,(H,30,32,34). The average Bonchev–Trinajstić information content (AvgIpc) is 2.86. The predicted octanol–water partition coefficient (Wildman–Crippen LogP) is 5.98. The minimum absolute atomic E-state index is 0.0353. The van der Waals surface area contributed by atoms with E-state index in [1.807, 2.05) is 18.2 Å². The van der Waals surface area contributed by atoms with Crippen LogP contribution in [0.15, 0.2) is 70.7 Å². The van der Waals surface area contributed by atoms with Crippen LogP contribution in [0.2, 0.25) is 0 Å². The first kappa shape index (κ1) is 23.3. The van der Waals surface area contributed by atoms with Crippen molar-refractivity contribution < 1.29 is 19.1 Å². The minimum atomic E-state index is -0.667. The molecule has 0 aromatic heterocycles. The quantitative estimate of drug-likeness (QED) is 0.324. The van der Waals surface area contributed by atoms with E-state index in [1.54, 1.807) is 18.2 Å². The lowest BCUT2D eigenvalue weighted by molar-refractivity contribution is -0.132. The predicted molar refractivity (Wildman–Crippen MR) is 138 cm³/mol. The molecule has 1 saturated carbocycles. The molecule has 1 aliphatic carbocycles. The van der Waals surface area contributed by atoms with Gasteiger partial charge >= 0.3 is 6.03 Å². The molecule has 0 spiro atoms. The first-order valence-electron chi connectivity index (χ1n) is 11.8. The first-order chi connectivity index (χ1) is 17.0. The Kier molecular flexibility index (Phi) is 6.68. The maximum atomic E-state index is 13.1. The Morgan fingerprint density at radius 1 is 0.943 bits per heavy atom. The second-order valence-electron chi connectivity index (χ2n) is 8.94. The number of barbiturate groups is 1. The highest BCUT2D eigenvalue weighted by molar-refractivity contribution is 9.10. The molecule has 1 N–H and O–H groups in total. The van der Waals surface area contributed by atoms with Crippen molar-refractivity contribution in [3.63, 3.8) is 0 Å². The summed E-state index contributed by atoms with van der Waals surface area (Å²) < 4.78 is 6.71. The van der Waals surface area contributed by atoms with Gasteiger partial charge in [-0.1, -0.05) is 61.7 Å². The summed E-state index contributed by atoms with van der Waals surface area (Å²) in [7, 11) is 0. The van der Waals surface area contributed by atoms with Crippen LogP contribution in [0.4, 0.5) is 4.79 Å². The van der Waals surface area contributed by atoms with Crippen molar-refractivity contribution in [2.24, 2.45) is 0 Å². The Labute approximate surface area is 212 Å². The summed E-state index contributed by atoms with van der Waals surface area (Å²) in [6, 6.07) is 19.0. The maximum Gasteiger partial charge on any atom is 0.331 e. The lowest BCUT2D eigenvalue weighted by Gasteiger charge is -2.35. The second kappa shape index (κ2) is 10.0. The van der Waals surface area contributed by atoms with E-state index in [4.69, 9.17) is 4.74 Å². The zero-order chi connectivity index (χ0) is 24.4. The van der Waals surface area contributed by atoms with Gasteiger partial charge in [0, 0.05) is 6.04 Å². The van der Waals surface area contributed by atoms with E-state index in [-0.39, 0.29) is 11.6 Å². The third-order valence-corrected chi connectivity index (χ3v) is 7.17. The molecule has 4 amide bonds. The van der Waals surface area contributed by atoms with Gasteiger partial charge in [-0.05, 0) is 74.9 Å². The molecule has 0 unspecified atom stereocenters. The van der Waals surface area contributed by atoms with Crippen molar-refractivity contribution >= 4 is 50.6 Å². The van der Waals surface area contributed by atoms with Crippen LogP contribution in [0.5, 0.6) is 5.75 Å². The van der Waals surface area contributed by atoms with E-state index < -0.39 is 17.8 Å². The zero-order valence-corrected chi connectivity index (χ0v) is 20.7. The van der Waals surface area contributed by atoms with Crippen molar-refractivity contribution in [3.8, 4) is 5.75 Å². The van der Waals surface area contributed by atoms with Crippen molar-refractivity contribution in [1.29, 1.82) is 0 Å². The number of imide groups is 2. The third-order valence-electron chi connectivity index (χ3n) is 6.55. The lowest BCUT2D eigenvalue weighted by atomic mass is 9.93. The molecule has 1 heterocycles. The van der Waals surface area contributed by atoms with Gasteiger partial charge < -0.3 is 4.74 Å². The fourth-order valence-electron chi connectivity index (χ4n) is 4.72. The van der Waals surface area contributed by atoms with E-state index in [0.29, 0.717) is 22.4 Å². The molecular weight excluding hydrogens is 508 g/mol. The summed E-state index contributed by atoms with van der Waals surface area (Å²) in [5.41, 5.74) is 1.68. The van der Waals surface area contributed by atoms with Gasteiger partial charge in [0.15, 0.2) is 0 Å². The number of nitrogens with one attached hydrogen (secondary N) is 1. The molecule has 0 atom stereocenters. The van der Waals surface area contributed by atoms with Crippen LogP contribution in [0.3, 0.4) is 0 Å². The molecule has 2 aliphatic rings. The molecule has 5 rings (SSSR count). The number of halogens is 1. The summed E-state index contributed by atoms with van der Waals surface area (Å²) in [6.45, 7) is 0.406. The van der Waals surface area contributed by atoms with Gasteiger partial charge in [0.1, 0.15) is 17.9 Å². The summed E-state index contributed by atoms with van der Waals surface area (Å²) in [5, 5.41) is 4.67. The van der Waals surface area contributed by atoms with Gasteiger partial charge in [-0.3, -0.25) is 19.8 Å². The van der Waals surface area contributed by atoms with Gasteiger partial charge in [0.05, 0.1) is 4.47 Å². The molecule has 3 aromatic rings. The Morgan fingerprint density at radius 3 is 2.49 bits per heavy atom. The Hall–Kier alpha value is -3.45. The van der Waals surface area contributed by atoms with Crippen LogP contribution in [-0.2, 0) is 16.2 Å². The number of amides is 4. The number of carbonyl (C=O) groups is 3. The number of urea groups is 1. The Bertz CT molecular complexity index is 1340. The lowest BCUT2D eigenvalue weighted by Crippen LogP contribution is -2.58. The molecular formula is C28H25BrN2O4. The normalized spacial score (nSPS) is 18.3. The summed E-state index contributed by atoms with van der Waals surface area (Å²) in [5.74, 6) is -0.544. The SMILES string of the molecule is O=C1NC(=O)N(C2CCCCC2)C(=O)C1=Cc1ccc(OCc2ccc3ccccc3c2)c(Br)c1. The number of fused-ring (bicyclic) bond motifs is 1. The van der Waals surface area contributed by atoms with Crippen molar-refractivity contribution in [1.82, 2.24) is 10.2 Å². The molecule has 178 valence electrons. The van der Waals surface area contributed by atoms with Crippen LogP contribution in [-0.4, -0.2) is 28.8 Å². The highest BCUT2D eigenvalue weighted by Gasteiger charge is 2.40. The fraction of sp³-hybridized carbons (Fsp3) is 0.250. The number of hydrogen-bond acceptors (Lipinski definition) is 4. The molecule has 3 aromatic carbocycles. The number of ether oxygens (including phenoxy) is 1. The van der Waals surface area contributed by atoms with E-state index >= 15 is 0 Å². The monoisotopic (exact) mass is 532 g/mol. The zero-order valence-electron chi connectivity index (χ0n) is 19.1. The fourth-order valence-corrected chi connectivity index (χ4v) is 5.23. The molecule has 0 radical (unpaired) electrons. The van der Waals surface area contributed by atoms with E-state index in [0.717, 1.165) is 43.1 Å². The second-order valence-corrected chi connectivity index (χ2v) is 9.80. The van der Waals surface area contributed by atoms with Crippen LogP contribution < -0.4 is 10.1 Å². The molecule has 1 aliphatic heterocycles. The topological polar surface area (TPSA) is 75.7 Å². The highest BCUT2D eigenvalue weighted by Crippen LogP contribution is 2.30. The molecule has 1 saturated heterocycles. The molecule has 2 fully saturated rings. The molecule has 7 heteroatoms. The molecule has 0 bridgehead atoms. The largest absolute Gasteiger partial charge is 0.488 e. The van der Waals surface area contributed by atoms with Crippen molar-refractivity contribution in [3.05, 3.63) is 81.8 Å². The van der Waals surface area contributed by atoms with Gasteiger partial charge in [0.2, 0.25) is 0 Å². The number of nitrogens with zero attached hydrogens (tertiary/aromatic N) is 1. The number of carbonyl (C=O) groups excluding carboxylic acids is 3. The summed E-state index contributed by atoms with van der Waals surface area (Å²) >= 11 is 3.54. The number of benzene rings is 3. The smallest absolute Gasteiger partial charge is 0.331 e. The Morgan fingerprint density at radius 2 is 1.71 bits per heavy atom. The van der Waals surface area contributed by atoms with Gasteiger partial charge in [0.25, 0.3) is 11.8 Å². The van der Waals surface area contributed by atoms with Crippen molar-refractivity contribution in [2.75, 3.05) is 0 Å². The van der Waals surface area contributed by atoms with Crippen LogP contribution in [0.25, 0.3) is 16.8 Å². The third kappa shape index (κ3) is 5.00. The van der Waals surface area contributed by atoms with Gasteiger partial charge in [-0.15, -0.1) is 0 Å². The first-order valence-corrected chi connectivity index (χ1v) is 12.6. The van der Waals surface area contributed by atoms with Crippen LogP contribution in [0.1, 0.15) is 43.2 Å². The maximum absolute atomic E-state index is 13.1. The van der Waals surface area contributed by atoms with Crippen LogP contribution in [0, 0.1) is 0 Å². The van der Waals surface area contributed by atoms with E-state index in [1.165, 1.54) is 16.4 Å². The number of hydrogen-bond donors (Lipinski definition) is 1.